The molecule has 0 bridgehead atoms. The fourth-order valence-corrected chi connectivity index (χ4v) is 0.937. The van der Waals surface area contributed by atoms with E-state index in [4.69, 9.17) is 9.47 Å². The topological polar surface area (TPSA) is 18.5 Å². The second kappa shape index (κ2) is 3.18. The molecule has 0 amide bonds. The minimum Gasteiger partial charge on any atom is -0.382 e. The monoisotopic (exact) mass is 130 g/mol. The Kier molecular flexibility index (Phi) is 2.49. The summed E-state index contributed by atoms with van der Waals surface area (Å²) in [4.78, 5) is 0. The second-order valence-electron chi connectivity index (χ2n) is 2.56. The summed E-state index contributed by atoms with van der Waals surface area (Å²) < 4.78 is 10.3. The van der Waals surface area contributed by atoms with Crippen LogP contribution in [0, 0.1) is 0 Å². The van der Waals surface area contributed by atoms with Crippen LogP contribution in [-0.2, 0) is 9.47 Å². The normalized spacial score (nSPS) is 29.3. The van der Waals surface area contributed by atoms with Gasteiger partial charge in [0.05, 0.1) is 12.2 Å². The molecule has 9 heavy (non-hydrogen) atoms. The number of rotatable bonds is 3. The molecule has 0 spiro atoms. The Morgan fingerprint density at radius 1 is 1.78 bits per heavy atom. The molecule has 2 heteroatoms. The maximum atomic E-state index is 5.22. The molecule has 1 fully saturated rings. The molecule has 54 valence electrons. The lowest BCUT2D eigenvalue weighted by atomic mass is 10.1. The van der Waals surface area contributed by atoms with Gasteiger partial charge in [-0.1, -0.05) is 0 Å². The zero-order valence-corrected chi connectivity index (χ0v) is 6.09. The van der Waals surface area contributed by atoms with E-state index < -0.39 is 0 Å². The van der Waals surface area contributed by atoms with Crippen molar-refractivity contribution in [3.8, 4) is 0 Å². The molecule has 0 N–H and O–H groups in total. The smallest absolute Gasteiger partial charge is 0.0621 e. The van der Waals surface area contributed by atoms with E-state index in [-0.39, 0.29) is 0 Å². The highest BCUT2D eigenvalue weighted by molar-refractivity contribution is 4.69. The lowest BCUT2D eigenvalue weighted by molar-refractivity contribution is -0.0761. The van der Waals surface area contributed by atoms with E-state index in [9.17, 15) is 0 Å². The van der Waals surface area contributed by atoms with Crippen LogP contribution in [0.2, 0.25) is 0 Å². The molecule has 0 aromatic heterocycles. The number of hydrogen-bond acceptors (Lipinski definition) is 2. The van der Waals surface area contributed by atoms with Crippen molar-refractivity contribution in [3.05, 3.63) is 0 Å². The summed E-state index contributed by atoms with van der Waals surface area (Å²) in [5, 5.41) is 0. The minimum absolute atomic E-state index is 0.357. The third-order valence-electron chi connectivity index (χ3n) is 1.79. The van der Waals surface area contributed by atoms with Gasteiger partial charge in [0.1, 0.15) is 0 Å². The van der Waals surface area contributed by atoms with Gasteiger partial charge >= 0.3 is 0 Å². The Balaban J connectivity index is 2.01. The Labute approximate surface area is 56.2 Å². The van der Waals surface area contributed by atoms with Crippen LogP contribution in [0.25, 0.3) is 0 Å². The first-order valence-electron chi connectivity index (χ1n) is 3.47. The Morgan fingerprint density at radius 2 is 2.44 bits per heavy atom. The molecule has 0 saturated carbocycles. The predicted octanol–water partition coefficient (Wildman–Crippen LogP) is 1.20. The molecule has 1 heterocycles. The number of hydrogen-bond donors (Lipinski definition) is 0. The average Bonchev–Trinajstić information content (AvgIpc) is 1.78. The molecule has 2 nitrogen and oxygen atoms in total. The highest BCUT2D eigenvalue weighted by Crippen LogP contribution is 2.17. The van der Waals surface area contributed by atoms with Crippen molar-refractivity contribution >= 4 is 0 Å². The van der Waals surface area contributed by atoms with E-state index in [1.165, 1.54) is 6.42 Å². The Hall–Kier alpha value is -0.0800. The molecule has 1 rings (SSSR count). The summed E-state index contributed by atoms with van der Waals surface area (Å²) in [5.41, 5.74) is 0. The van der Waals surface area contributed by atoms with Gasteiger partial charge in [0.2, 0.25) is 0 Å². The first kappa shape index (κ1) is 7.03. The van der Waals surface area contributed by atoms with Crippen LogP contribution in [0.15, 0.2) is 0 Å². The number of ether oxygens (including phenoxy) is 2. The molecule has 0 aromatic carbocycles. The summed E-state index contributed by atoms with van der Waals surface area (Å²) >= 11 is 0. The lowest BCUT2D eigenvalue weighted by Crippen LogP contribution is -2.30. The molecule has 2 atom stereocenters. The van der Waals surface area contributed by atoms with Crippen LogP contribution >= 0.6 is 0 Å². The van der Waals surface area contributed by atoms with Gasteiger partial charge in [0, 0.05) is 13.7 Å². The first-order valence-corrected chi connectivity index (χ1v) is 3.47. The summed E-state index contributed by atoms with van der Waals surface area (Å²) in [5.74, 6) is 0. The van der Waals surface area contributed by atoms with Gasteiger partial charge in [0.25, 0.3) is 0 Å². The van der Waals surface area contributed by atoms with E-state index in [1.54, 1.807) is 7.11 Å². The lowest BCUT2D eigenvalue weighted by Gasteiger charge is -2.28. The zero-order chi connectivity index (χ0) is 6.69. The molecule has 0 aromatic rings. The van der Waals surface area contributed by atoms with Crippen molar-refractivity contribution in [2.75, 3.05) is 13.7 Å². The van der Waals surface area contributed by atoms with Crippen molar-refractivity contribution in [3.63, 3.8) is 0 Å². The molecular formula is C7H14O2. The van der Waals surface area contributed by atoms with Crippen molar-refractivity contribution in [2.45, 2.75) is 32.0 Å². The van der Waals surface area contributed by atoms with E-state index in [0.29, 0.717) is 12.2 Å². The van der Waals surface area contributed by atoms with Gasteiger partial charge in [0.15, 0.2) is 0 Å². The van der Waals surface area contributed by atoms with Crippen LogP contribution in [0.5, 0.6) is 0 Å². The molecule has 1 aliphatic rings. The third-order valence-corrected chi connectivity index (χ3v) is 1.79. The van der Waals surface area contributed by atoms with Crippen LogP contribution < -0.4 is 0 Å². The van der Waals surface area contributed by atoms with Gasteiger partial charge in [-0.25, -0.2) is 0 Å². The van der Waals surface area contributed by atoms with Crippen molar-refractivity contribution in [2.24, 2.45) is 0 Å². The Bertz CT molecular complexity index is 76.2. The summed E-state index contributed by atoms with van der Waals surface area (Å²) in [6.07, 6.45) is 3.11. The summed E-state index contributed by atoms with van der Waals surface area (Å²) in [7, 11) is 1.74. The first-order chi connectivity index (χ1) is 4.33. The standard InChI is InChI=1S/C7H14O2/c1-6(8-2)5-7-3-4-9-7/h6-7H,3-5H2,1-2H3. The van der Waals surface area contributed by atoms with Gasteiger partial charge in [-0.3, -0.25) is 0 Å². The van der Waals surface area contributed by atoms with Gasteiger partial charge in [-0.2, -0.15) is 0 Å². The molecule has 2 unspecified atom stereocenters. The van der Waals surface area contributed by atoms with E-state index >= 15 is 0 Å². The summed E-state index contributed by atoms with van der Waals surface area (Å²) in [6.45, 7) is 3.02. The molecular weight excluding hydrogens is 116 g/mol. The van der Waals surface area contributed by atoms with E-state index in [2.05, 4.69) is 6.92 Å². The largest absolute Gasteiger partial charge is 0.382 e. The minimum atomic E-state index is 0.357. The molecule has 1 aliphatic heterocycles. The van der Waals surface area contributed by atoms with Crippen molar-refractivity contribution < 1.29 is 9.47 Å². The zero-order valence-electron chi connectivity index (χ0n) is 6.09. The highest BCUT2D eigenvalue weighted by Gasteiger charge is 2.19. The van der Waals surface area contributed by atoms with Gasteiger partial charge in [-0.15, -0.1) is 0 Å². The highest BCUT2D eigenvalue weighted by atomic mass is 16.5. The van der Waals surface area contributed by atoms with Gasteiger partial charge < -0.3 is 9.47 Å². The fourth-order valence-electron chi connectivity index (χ4n) is 0.937. The molecule has 0 radical (unpaired) electrons. The Morgan fingerprint density at radius 3 is 2.78 bits per heavy atom. The van der Waals surface area contributed by atoms with Crippen molar-refractivity contribution in [1.82, 2.24) is 0 Å². The van der Waals surface area contributed by atoms with Crippen LogP contribution in [-0.4, -0.2) is 25.9 Å². The third kappa shape index (κ3) is 1.95. The van der Waals surface area contributed by atoms with Crippen LogP contribution in [0.3, 0.4) is 0 Å². The van der Waals surface area contributed by atoms with Crippen LogP contribution in [0.1, 0.15) is 19.8 Å². The molecule has 0 aliphatic carbocycles. The SMILES string of the molecule is COC(C)CC1CCO1. The number of methoxy groups -OCH3 is 1. The quantitative estimate of drug-likeness (QED) is 0.571. The second-order valence-corrected chi connectivity index (χ2v) is 2.56. The summed E-state index contributed by atoms with van der Waals surface area (Å²) in [6, 6.07) is 0. The van der Waals surface area contributed by atoms with Crippen LogP contribution in [0.4, 0.5) is 0 Å². The predicted molar refractivity (Wildman–Crippen MR) is 35.4 cm³/mol. The van der Waals surface area contributed by atoms with E-state index in [1.807, 2.05) is 0 Å². The van der Waals surface area contributed by atoms with Gasteiger partial charge in [-0.05, 0) is 19.8 Å². The maximum absolute atomic E-state index is 5.22. The van der Waals surface area contributed by atoms with Crippen molar-refractivity contribution in [1.29, 1.82) is 0 Å². The fraction of sp³-hybridized carbons (Fsp3) is 1.00. The van der Waals surface area contributed by atoms with E-state index in [0.717, 1.165) is 13.0 Å². The molecule has 1 saturated heterocycles. The maximum Gasteiger partial charge on any atom is 0.0621 e. The average molecular weight is 130 g/mol.